The fraction of sp³-hybridized carbons (Fsp3) is 0.250. The van der Waals surface area contributed by atoms with Gasteiger partial charge in [-0.15, -0.1) is 5.54 Å². The predicted octanol–water partition coefficient (Wildman–Crippen LogP) is 2.65. The lowest BCUT2D eigenvalue weighted by Gasteiger charge is -2.07. The molecular weight excluding hydrogens is 256 g/mol. The summed E-state index contributed by atoms with van der Waals surface area (Å²) >= 11 is 0. The molecule has 1 amide bonds. The van der Waals surface area contributed by atoms with Crippen molar-refractivity contribution in [2.45, 2.75) is 19.6 Å². The summed E-state index contributed by atoms with van der Waals surface area (Å²) in [6.07, 6.45) is -1.17. The minimum Gasteiger partial charge on any atom is -0.406 e. The first-order valence-corrected chi connectivity index (χ1v) is 8.68. The second kappa shape index (κ2) is 5.19. The van der Waals surface area contributed by atoms with E-state index in [4.69, 9.17) is 5.73 Å². The second-order valence-electron chi connectivity index (χ2n) is 4.69. The molecule has 1 rings (SSSR count). The van der Waals surface area contributed by atoms with Crippen molar-refractivity contribution in [2.24, 2.45) is 5.73 Å². The Balaban J connectivity index is 3.30. The number of hydrogen-bond acceptors (Lipinski definition) is 2. The number of benzene rings is 1. The van der Waals surface area contributed by atoms with Crippen LogP contribution in [0.1, 0.15) is 5.56 Å². The van der Waals surface area contributed by atoms with E-state index < -0.39 is 31.6 Å². The smallest absolute Gasteiger partial charge is 0.406 e. The summed E-state index contributed by atoms with van der Waals surface area (Å²) in [6.45, 7) is 5.93. The maximum atomic E-state index is 13.5. The second-order valence-corrected chi connectivity index (χ2v) is 9.44. The summed E-state index contributed by atoms with van der Waals surface area (Å²) in [5, 5.41) is 0. The van der Waals surface area contributed by atoms with Crippen LogP contribution in [-0.2, 0) is 0 Å². The average Bonchev–Trinajstić information content (AvgIpc) is 2.17. The van der Waals surface area contributed by atoms with Crippen molar-refractivity contribution in [1.82, 2.24) is 0 Å². The van der Waals surface area contributed by atoms with Gasteiger partial charge in [-0.05, 0) is 6.07 Å². The third-order valence-corrected chi connectivity index (χ3v) is 2.66. The van der Waals surface area contributed by atoms with Crippen molar-refractivity contribution < 1.29 is 18.3 Å². The molecule has 6 heteroatoms. The molecule has 2 N–H and O–H groups in total. The lowest BCUT2D eigenvalue weighted by Crippen LogP contribution is -2.18. The molecule has 0 unspecified atom stereocenters. The highest BCUT2D eigenvalue weighted by Crippen LogP contribution is 2.23. The molecule has 0 spiro atoms. The summed E-state index contributed by atoms with van der Waals surface area (Å²) in [4.78, 5) is 10.7. The summed E-state index contributed by atoms with van der Waals surface area (Å²) in [6, 6.07) is 1.62. The van der Waals surface area contributed by atoms with Crippen molar-refractivity contribution in [3.05, 3.63) is 29.3 Å². The van der Waals surface area contributed by atoms with Gasteiger partial charge in [0.2, 0.25) is 0 Å². The normalized spacial score (nSPS) is 10.5. The summed E-state index contributed by atoms with van der Waals surface area (Å²) in [5.74, 6) is 0.410. The number of amides is 1. The molecule has 0 aromatic heterocycles. The standard InChI is InChI=1S/C12H13F2NO2Si/c1-18(2,3)5-4-8-6-9(13)7-10(14)11(8)17-12(15)16/h6-7H,1-3H3,(H2,15,16). The predicted molar refractivity (Wildman–Crippen MR) is 66.8 cm³/mol. The first-order valence-electron chi connectivity index (χ1n) is 5.18. The number of ether oxygens (including phenoxy) is 1. The fourth-order valence-corrected chi connectivity index (χ4v) is 1.62. The molecule has 3 nitrogen and oxygen atoms in total. The van der Waals surface area contributed by atoms with Gasteiger partial charge in [-0.25, -0.2) is 13.6 Å². The summed E-state index contributed by atoms with van der Waals surface area (Å²) in [5.41, 5.74) is 7.73. The minimum absolute atomic E-state index is 0.0197. The van der Waals surface area contributed by atoms with E-state index in [-0.39, 0.29) is 5.56 Å². The number of hydrogen-bond donors (Lipinski definition) is 1. The maximum absolute atomic E-state index is 13.5. The van der Waals surface area contributed by atoms with Gasteiger partial charge in [0.05, 0.1) is 5.56 Å². The Hall–Kier alpha value is -1.87. The molecule has 0 heterocycles. The number of rotatable bonds is 1. The Morgan fingerprint density at radius 3 is 2.44 bits per heavy atom. The molecule has 18 heavy (non-hydrogen) atoms. The van der Waals surface area contributed by atoms with E-state index in [2.05, 4.69) is 16.2 Å². The van der Waals surface area contributed by atoms with Crippen molar-refractivity contribution >= 4 is 14.2 Å². The lowest BCUT2D eigenvalue weighted by molar-refractivity contribution is 0.208. The molecule has 0 aliphatic carbocycles. The molecule has 96 valence electrons. The molecular formula is C12H13F2NO2Si. The first kappa shape index (κ1) is 14.2. The van der Waals surface area contributed by atoms with Crippen LogP contribution in [0.4, 0.5) is 13.6 Å². The topological polar surface area (TPSA) is 52.3 Å². The lowest BCUT2D eigenvalue weighted by atomic mass is 10.2. The molecule has 0 atom stereocenters. The van der Waals surface area contributed by atoms with Crippen LogP contribution in [0.3, 0.4) is 0 Å². The van der Waals surface area contributed by atoms with Crippen LogP contribution in [0, 0.1) is 23.1 Å². The van der Waals surface area contributed by atoms with Crippen LogP contribution in [0.2, 0.25) is 19.6 Å². The maximum Gasteiger partial charge on any atom is 0.410 e. The van der Waals surface area contributed by atoms with Gasteiger partial charge in [-0.2, -0.15) is 0 Å². The highest BCUT2D eigenvalue weighted by molar-refractivity contribution is 6.83. The van der Waals surface area contributed by atoms with Crippen LogP contribution in [0.25, 0.3) is 0 Å². The van der Waals surface area contributed by atoms with Crippen molar-refractivity contribution in [1.29, 1.82) is 0 Å². The van der Waals surface area contributed by atoms with E-state index in [1.54, 1.807) is 0 Å². The molecule has 0 aliphatic heterocycles. The quantitative estimate of drug-likeness (QED) is 0.629. The Bertz CT molecular complexity index is 541. The monoisotopic (exact) mass is 269 g/mol. The van der Waals surface area contributed by atoms with Gasteiger partial charge in [0.15, 0.2) is 11.6 Å². The van der Waals surface area contributed by atoms with Crippen LogP contribution < -0.4 is 10.5 Å². The van der Waals surface area contributed by atoms with Crippen molar-refractivity contribution in [2.75, 3.05) is 0 Å². The average molecular weight is 269 g/mol. The van der Waals surface area contributed by atoms with Crippen LogP contribution in [-0.4, -0.2) is 14.2 Å². The van der Waals surface area contributed by atoms with E-state index in [0.717, 1.165) is 6.07 Å². The molecule has 0 aliphatic rings. The van der Waals surface area contributed by atoms with Gasteiger partial charge >= 0.3 is 6.09 Å². The number of halogens is 2. The Morgan fingerprint density at radius 2 is 1.94 bits per heavy atom. The molecule has 0 radical (unpaired) electrons. The van der Waals surface area contributed by atoms with E-state index in [0.29, 0.717) is 6.07 Å². The first-order chi connectivity index (χ1) is 8.19. The number of primary amides is 1. The molecule has 0 fully saturated rings. The van der Waals surface area contributed by atoms with E-state index in [1.807, 2.05) is 19.6 Å². The number of carbonyl (C=O) groups is 1. The van der Waals surface area contributed by atoms with Gasteiger partial charge in [-0.3, -0.25) is 0 Å². The third-order valence-electron chi connectivity index (χ3n) is 1.78. The molecule has 1 aromatic rings. The van der Waals surface area contributed by atoms with Gasteiger partial charge in [0.1, 0.15) is 13.9 Å². The zero-order chi connectivity index (χ0) is 13.9. The van der Waals surface area contributed by atoms with Gasteiger partial charge < -0.3 is 10.5 Å². The van der Waals surface area contributed by atoms with Gasteiger partial charge in [0, 0.05) is 6.07 Å². The third kappa shape index (κ3) is 4.18. The zero-order valence-electron chi connectivity index (χ0n) is 10.3. The Morgan fingerprint density at radius 1 is 1.33 bits per heavy atom. The molecule has 0 bridgehead atoms. The van der Waals surface area contributed by atoms with Gasteiger partial charge in [-0.1, -0.05) is 25.6 Å². The molecule has 0 saturated carbocycles. The Labute approximate surface area is 105 Å². The number of nitrogens with two attached hydrogens (primary N) is 1. The zero-order valence-corrected chi connectivity index (χ0v) is 11.3. The van der Waals surface area contributed by atoms with E-state index in [1.165, 1.54) is 0 Å². The highest BCUT2D eigenvalue weighted by atomic mass is 28.3. The van der Waals surface area contributed by atoms with Crippen molar-refractivity contribution in [3.63, 3.8) is 0 Å². The largest absolute Gasteiger partial charge is 0.410 e. The van der Waals surface area contributed by atoms with Crippen molar-refractivity contribution in [3.8, 4) is 17.2 Å². The van der Waals surface area contributed by atoms with Crippen LogP contribution in [0.5, 0.6) is 5.75 Å². The van der Waals surface area contributed by atoms with E-state index >= 15 is 0 Å². The SMILES string of the molecule is C[Si](C)(C)C#Cc1cc(F)cc(F)c1OC(N)=O. The summed E-state index contributed by atoms with van der Waals surface area (Å²) < 4.78 is 31.1. The summed E-state index contributed by atoms with van der Waals surface area (Å²) in [7, 11) is -1.72. The molecule has 0 saturated heterocycles. The van der Waals surface area contributed by atoms with Gasteiger partial charge in [0.25, 0.3) is 0 Å². The van der Waals surface area contributed by atoms with Crippen LogP contribution in [0.15, 0.2) is 12.1 Å². The van der Waals surface area contributed by atoms with Crippen LogP contribution >= 0.6 is 0 Å². The minimum atomic E-state index is -1.72. The Kier molecular flexibility index (Phi) is 4.09. The highest BCUT2D eigenvalue weighted by Gasteiger charge is 2.15. The number of carbonyl (C=O) groups excluding carboxylic acids is 1. The van der Waals surface area contributed by atoms with E-state index in [9.17, 15) is 13.6 Å². The fourth-order valence-electron chi connectivity index (χ4n) is 1.11. The molecule has 1 aromatic carbocycles.